The topological polar surface area (TPSA) is 76.5 Å². The highest BCUT2D eigenvalue weighted by Crippen LogP contribution is 2.26. The number of aromatic nitrogens is 2. The van der Waals surface area contributed by atoms with Gasteiger partial charge in [0.1, 0.15) is 0 Å². The van der Waals surface area contributed by atoms with Crippen molar-refractivity contribution in [3.8, 4) is 0 Å². The summed E-state index contributed by atoms with van der Waals surface area (Å²) in [6, 6.07) is 4.11. The third kappa shape index (κ3) is 3.79. The summed E-state index contributed by atoms with van der Waals surface area (Å²) >= 11 is 0. The molecule has 4 rings (SSSR count). The molecule has 0 spiro atoms. The number of hydrogen-bond acceptors (Lipinski definition) is 4. The van der Waals surface area contributed by atoms with E-state index in [1.54, 1.807) is 4.90 Å². The first kappa shape index (κ1) is 19.6. The third-order valence-electron chi connectivity index (χ3n) is 5.74. The number of rotatable bonds is 3. The van der Waals surface area contributed by atoms with Gasteiger partial charge in [-0.05, 0) is 51.2 Å². The zero-order valence-electron chi connectivity index (χ0n) is 17.4. The molecule has 0 unspecified atom stereocenters. The summed E-state index contributed by atoms with van der Waals surface area (Å²) in [5.41, 5.74) is 5.27. The summed E-state index contributed by atoms with van der Waals surface area (Å²) < 4.78 is 7.30. The van der Waals surface area contributed by atoms with Crippen molar-refractivity contribution < 1.29 is 14.3 Å². The number of amides is 2. The number of hydrogen-bond donors (Lipinski definition) is 1. The number of nitrogens with zero attached hydrogens (tertiary/aromatic N) is 3. The Bertz CT molecular complexity index is 934. The van der Waals surface area contributed by atoms with Crippen molar-refractivity contribution in [1.29, 1.82) is 0 Å². The van der Waals surface area contributed by atoms with Crippen LogP contribution >= 0.6 is 0 Å². The van der Waals surface area contributed by atoms with E-state index in [-0.39, 0.29) is 11.8 Å². The number of imidazole rings is 1. The van der Waals surface area contributed by atoms with Crippen molar-refractivity contribution in [2.24, 2.45) is 0 Å². The molecule has 1 N–H and O–H groups in total. The molecule has 1 fully saturated rings. The molecule has 0 aliphatic carbocycles. The molecule has 1 saturated heterocycles. The minimum Gasteiger partial charge on any atom is -0.378 e. The van der Waals surface area contributed by atoms with Crippen LogP contribution in [0.5, 0.6) is 0 Å². The minimum absolute atomic E-state index is 0.113. The van der Waals surface area contributed by atoms with E-state index >= 15 is 0 Å². The maximum atomic E-state index is 13.2. The lowest BCUT2D eigenvalue weighted by atomic mass is 10.0. The fraction of sp³-hybridized carbons (Fsp3) is 0.500. The second-order valence-corrected chi connectivity index (χ2v) is 7.97. The highest BCUT2D eigenvalue weighted by molar-refractivity contribution is 6.05. The van der Waals surface area contributed by atoms with Gasteiger partial charge in [0.2, 0.25) is 0 Å². The molecular formula is C22H28N4O3. The molecule has 2 amide bonds. The maximum absolute atomic E-state index is 13.2. The Kier molecular flexibility index (Phi) is 5.41. The summed E-state index contributed by atoms with van der Waals surface area (Å²) in [5, 5.41) is 3.04. The molecule has 0 atom stereocenters. The van der Waals surface area contributed by atoms with Gasteiger partial charge in [-0.2, -0.15) is 0 Å². The number of morpholine rings is 1. The molecule has 0 bridgehead atoms. The first-order chi connectivity index (χ1) is 14.0. The van der Waals surface area contributed by atoms with E-state index in [1.165, 1.54) is 0 Å². The normalized spacial score (nSPS) is 16.4. The van der Waals surface area contributed by atoms with Gasteiger partial charge in [-0.3, -0.25) is 9.59 Å². The molecule has 2 aromatic rings. The molecule has 154 valence electrons. The molecule has 0 radical (unpaired) electrons. The van der Waals surface area contributed by atoms with E-state index in [1.807, 2.05) is 25.3 Å². The zero-order valence-corrected chi connectivity index (χ0v) is 17.4. The lowest BCUT2D eigenvalue weighted by Crippen LogP contribution is -2.42. The second-order valence-electron chi connectivity index (χ2n) is 7.97. The SMILES string of the molecule is Cc1cc(C)c(NC(=O)c2nc(C(=O)N3CCOCC3)n3c2CCCC3)c(C)c1. The Morgan fingerprint density at radius 3 is 2.41 bits per heavy atom. The van der Waals surface area contributed by atoms with Gasteiger partial charge in [0, 0.05) is 25.3 Å². The molecule has 1 aromatic heterocycles. The Morgan fingerprint density at radius 1 is 1.03 bits per heavy atom. The van der Waals surface area contributed by atoms with Gasteiger partial charge in [-0.1, -0.05) is 17.7 Å². The number of ether oxygens (including phenoxy) is 1. The van der Waals surface area contributed by atoms with Crippen LogP contribution in [0.3, 0.4) is 0 Å². The van der Waals surface area contributed by atoms with E-state index < -0.39 is 0 Å². The molecule has 2 aliphatic rings. The smallest absolute Gasteiger partial charge is 0.290 e. The van der Waals surface area contributed by atoms with E-state index in [2.05, 4.69) is 22.4 Å². The van der Waals surface area contributed by atoms with Crippen LogP contribution in [-0.4, -0.2) is 52.6 Å². The van der Waals surface area contributed by atoms with Crippen molar-refractivity contribution in [2.45, 2.75) is 46.6 Å². The minimum atomic E-state index is -0.244. The average molecular weight is 396 g/mol. The third-order valence-corrected chi connectivity index (χ3v) is 5.74. The van der Waals surface area contributed by atoms with Crippen molar-refractivity contribution in [1.82, 2.24) is 14.5 Å². The fourth-order valence-electron chi connectivity index (χ4n) is 4.35. The summed E-state index contributed by atoms with van der Waals surface area (Å²) in [6.45, 7) is 8.95. The van der Waals surface area contributed by atoms with Crippen LogP contribution in [0.25, 0.3) is 0 Å². The van der Waals surface area contributed by atoms with Crippen LogP contribution in [0.2, 0.25) is 0 Å². The fourth-order valence-corrected chi connectivity index (χ4v) is 4.35. The number of carbonyl (C=O) groups is 2. The molecule has 29 heavy (non-hydrogen) atoms. The monoisotopic (exact) mass is 396 g/mol. The van der Waals surface area contributed by atoms with Gasteiger partial charge in [0.15, 0.2) is 11.5 Å². The summed E-state index contributed by atoms with van der Waals surface area (Å²) in [4.78, 5) is 32.5. The highest BCUT2D eigenvalue weighted by Gasteiger charge is 2.30. The zero-order chi connectivity index (χ0) is 20.5. The van der Waals surface area contributed by atoms with Crippen LogP contribution in [0.4, 0.5) is 5.69 Å². The Balaban J connectivity index is 1.66. The Morgan fingerprint density at radius 2 is 1.72 bits per heavy atom. The Hall–Kier alpha value is -2.67. The van der Waals surface area contributed by atoms with Gasteiger partial charge in [0.25, 0.3) is 11.8 Å². The number of aryl methyl sites for hydroxylation is 3. The molecule has 2 aliphatic heterocycles. The Labute approximate surface area is 171 Å². The highest BCUT2D eigenvalue weighted by atomic mass is 16.5. The lowest BCUT2D eigenvalue weighted by molar-refractivity contribution is 0.0291. The van der Waals surface area contributed by atoms with Crippen LogP contribution in [0, 0.1) is 20.8 Å². The predicted molar refractivity (Wildman–Crippen MR) is 110 cm³/mol. The van der Waals surface area contributed by atoms with Gasteiger partial charge >= 0.3 is 0 Å². The first-order valence-corrected chi connectivity index (χ1v) is 10.3. The van der Waals surface area contributed by atoms with Crippen LogP contribution in [0.15, 0.2) is 12.1 Å². The number of carbonyl (C=O) groups excluding carboxylic acids is 2. The van der Waals surface area contributed by atoms with Gasteiger partial charge in [-0.15, -0.1) is 0 Å². The molecule has 7 heteroatoms. The predicted octanol–water partition coefficient (Wildman–Crippen LogP) is 2.87. The number of fused-ring (bicyclic) bond motifs is 1. The molecule has 7 nitrogen and oxygen atoms in total. The van der Waals surface area contributed by atoms with Crippen molar-refractivity contribution in [3.63, 3.8) is 0 Å². The average Bonchev–Trinajstić information content (AvgIpc) is 3.10. The number of benzene rings is 1. The van der Waals surface area contributed by atoms with Crippen LogP contribution in [0.1, 0.15) is 56.3 Å². The second kappa shape index (κ2) is 7.99. The van der Waals surface area contributed by atoms with Crippen LogP contribution < -0.4 is 5.32 Å². The van der Waals surface area contributed by atoms with Crippen molar-refractivity contribution in [2.75, 3.05) is 31.6 Å². The quantitative estimate of drug-likeness (QED) is 0.866. The summed E-state index contributed by atoms with van der Waals surface area (Å²) in [5.74, 6) is 0.0222. The van der Waals surface area contributed by atoms with E-state index in [0.717, 1.165) is 53.9 Å². The summed E-state index contributed by atoms with van der Waals surface area (Å²) in [6.07, 6.45) is 2.75. The molecule has 0 saturated carbocycles. The standard InChI is InChI=1S/C22H28N4O3/c1-14-12-15(2)18(16(3)13-14)24-21(27)19-17-6-4-5-7-26(17)20(23-19)22(28)25-8-10-29-11-9-25/h12-13H,4-11H2,1-3H3,(H,24,27). The van der Waals surface area contributed by atoms with E-state index in [9.17, 15) is 9.59 Å². The molecular weight excluding hydrogens is 368 g/mol. The van der Waals surface area contributed by atoms with E-state index in [0.29, 0.717) is 37.8 Å². The number of nitrogens with one attached hydrogen (secondary N) is 1. The first-order valence-electron chi connectivity index (χ1n) is 10.3. The number of anilines is 1. The summed E-state index contributed by atoms with van der Waals surface area (Å²) in [7, 11) is 0. The van der Waals surface area contributed by atoms with Crippen molar-refractivity contribution in [3.05, 3.63) is 46.0 Å². The molecule has 3 heterocycles. The van der Waals surface area contributed by atoms with Crippen LogP contribution in [-0.2, 0) is 17.7 Å². The van der Waals surface area contributed by atoms with Crippen molar-refractivity contribution >= 4 is 17.5 Å². The van der Waals surface area contributed by atoms with Gasteiger partial charge in [-0.25, -0.2) is 4.98 Å². The van der Waals surface area contributed by atoms with Gasteiger partial charge < -0.3 is 19.5 Å². The largest absolute Gasteiger partial charge is 0.378 e. The lowest BCUT2D eigenvalue weighted by Gasteiger charge is -2.27. The maximum Gasteiger partial charge on any atom is 0.290 e. The molecule has 1 aromatic carbocycles. The van der Waals surface area contributed by atoms with E-state index in [4.69, 9.17) is 4.74 Å². The van der Waals surface area contributed by atoms with Gasteiger partial charge in [0.05, 0.1) is 18.9 Å².